The van der Waals surface area contributed by atoms with Crippen molar-refractivity contribution in [3.05, 3.63) is 106 Å². The third kappa shape index (κ3) is 3.69. The maximum atomic E-state index is 13.1. The number of hydrogen-bond acceptors (Lipinski definition) is 2. The zero-order chi connectivity index (χ0) is 20.4. The lowest BCUT2D eigenvalue weighted by molar-refractivity contribution is 0.626. The normalized spacial score (nSPS) is 11.4. The highest BCUT2D eigenvalue weighted by Gasteiger charge is 2.15. The quantitative estimate of drug-likeness (QED) is 0.472. The van der Waals surface area contributed by atoms with E-state index in [1.54, 1.807) is 23.0 Å². The molecule has 0 N–H and O–H groups in total. The average molecular weight is 388 g/mol. The van der Waals surface area contributed by atoms with Gasteiger partial charge in [0.25, 0.3) is 5.56 Å². The maximum Gasteiger partial charge on any atom is 0.297 e. The summed E-state index contributed by atoms with van der Waals surface area (Å²) in [6.07, 6.45) is 3.63. The number of halogens is 1. The average Bonchev–Trinajstić information content (AvgIpc) is 3.25. The summed E-state index contributed by atoms with van der Waals surface area (Å²) in [6.45, 7) is 2.47. The van der Waals surface area contributed by atoms with E-state index in [0.29, 0.717) is 12.2 Å². The van der Waals surface area contributed by atoms with Gasteiger partial charge in [0, 0.05) is 19.8 Å². The summed E-state index contributed by atoms with van der Waals surface area (Å²) in [4.78, 5) is 17.5. The molecule has 4 aromatic rings. The lowest BCUT2D eigenvalue weighted by Gasteiger charge is -2.07. The molecule has 5 nitrogen and oxygen atoms in total. The highest BCUT2D eigenvalue weighted by molar-refractivity contribution is 5.80. The molecule has 29 heavy (non-hydrogen) atoms. The fraction of sp³-hybridized carbons (Fsp3) is 0.130. The van der Waals surface area contributed by atoms with Crippen molar-refractivity contribution >= 4 is 11.9 Å². The van der Waals surface area contributed by atoms with Gasteiger partial charge >= 0.3 is 0 Å². The largest absolute Gasteiger partial charge is 0.342 e. The van der Waals surface area contributed by atoms with E-state index >= 15 is 0 Å². The summed E-state index contributed by atoms with van der Waals surface area (Å²) in [7, 11) is 1.85. The van der Waals surface area contributed by atoms with Crippen LogP contribution in [0, 0.1) is 12.7 Å². The van der Waals surface area contributed by atoms with Crippen molar-refractivity contribution in [1.82, 2.24) is 13.9 Å². The molecule has 0 aliphatic rings. The van der Waals surface area contributed by atoms with Gasteiger partial charge in [-0.1, -0.05) is 30.3 Å². The Bertz CT molecular complexity index is 1210. The number of aliphatic imine (C=N–C) groups is 1. The predicted octanol–water partition coefficient (Wildman–Crippen LogP) is 4.22. The monoisotopic (exact) mass is 388 g/mol. The van der Waals surface area contributed by atoms with Crippen molar-refractivity contribution < 1.29 is 4.39 Å². The highest BCUT2D eigenvalue weighted by Crippen LogP contribution is 2.17. The first-order chi connectivity index (χ1) is 14.0. The second-order valence-electron chi connectivity index (χ2n) is 6.86. The zero-order valence-corrected chi connectivity index (χ0v) is 16.3. The fourth-order valence-corrected chi connectivity index (χ4v) is 3.31. The molecule has 0 aliphatic carbocycles. The zero-order valence-electron chi connectivity index (χ0n) is 16.3. The SMILES string of the molecule is Cc1c(N=Cc2cccn2Cc2ccc(F)cc2)c(=O)n(-c2ccccc2)n1C. The Morgan fingerprint density at radius 2 is 1.72 bits per heavy atom. The maximum absolute atomic E-state index is 13.1. The van der Waals surface area contributed by atoms with Gasteiger partial charge in [0.15, 0.2) is 5.69 Å². The van der Waals surface area contributed by atoms with Crippen molar-refractivity contribution in [1.29, 1.82) is 0 Å². The van der Waals surface area contributed by atoms with Crippen molar-refractivity contribution in [3.8, 4) is 5.69 Å². The molecule has 0 bridgehead atoms. The lowest BCUT2D eigenvalue weighted by atomic mass is 10.2. The smallest absolute Gasteiger partial charge is 0.297 e. The molecule has 0 spiro atoms. The van der Waals surface area contributed by atoms with Crippen LogP contribution < -0.4 is 5.56 Å². The Labute approximate surface area is 168 Å². The van der Waals surface area contributed by atoms with E-state index in [4.69, 9.17) is 0 Å². The van der Waals surface area contributed by atoms with E-state index in [0.717, 1.165) is 22.6 Å². The molecule has 0 saturated carbocycles. The number of nitrogens with zero attached hydrogens (tertiary/aromatic N) is 4. The molecule has 0 amide bonds. The van der Waals surface area contributed by atoms with Crippen LogP contribution in [0.15, 0.2) is 82.7 Å². The highest BCUT2D eigenvalue weighted by atomic mass is 19.1. The van der Waals surface area contributed by atoms with Crippen molar-refractivity contribution in [3.63, 3.8) is 0 Å². The first kappa shape index (κ1) is 18.7. The van der Waals surface area contributed by atoms with Crippen molar-refractivity contribution in [2.75, 3.05) is 0 Å². The van der Waals surface area contributed by atoms with E-state index in [9.17, 15) is 9.18 Å². The molecule has 146 valence electrons. The van der Waals surface area contributed by atoms with Crippen LogP contribution in [0.1, 0.15) is 17.0 Å². The number of para-hydroxylation sites is 1. The minimum Gasteiger partial charge on any atom is -0.342 e. The Hall–Kier alpha value is -3.67. The van der Waals surface area contributed by atoms with Crippen LogP contribution >= 0.6 is 0 Å². The van der Waals surface area contributed by atoms with Gasteiger partial charge in [-0.2, -0.15) is 0 Å². The van der Waals surface area contributed by atoms with Gasteiger partial charge in [-0.15, -0.1) is 0 Å². The molecular weight excluding hydrogens is 367 g/mol. The Morgan fingerprint density at radius 3 is 2.45 bits per heavy atom. The van der Waals surface area contributed by atoms with Gasteiger partial charge in [0.2, 0.25) is 0 Å². The van der Waals surface area contributed by atoms with Crippen LogP contribution in [-0.2, 0) is 13.6 Å². The molecule has 4 rings (SSSR count). The van der Waals surface area contributed by atoms with Gasteiger partial charge in [-0.25, -0.2) is 14.1 Å². The van der Waals surface area contributed by atoms with Crippen LogP contribution in [0.4, 0.5) is 10.1 Å². The van der Waals surface area contributed by atoms with Crippen molar-refractivity contribution in [2.45, 2.75) is 13.5 Å². The molecule has 6 heteroatoms. The van der Waals surface area contributed by atoms with Crippen LogP contribution in [0.25, 0.3) is 5.69 Å². The van der Waals surface area contributed by atoms with Crippen LogP contribution in [0.5, 0.6) is 0 Å². The summed E-state index contributed by atoms with van der Waals surface area (Å²) in [6, 6.07) is 19.8. The van der Waals surface area contributed by atoms with E-state index in [2.05, 4.69) is 4.99 Å². The summed E-state index contributed by atoms with van der Waals surface area (Å²) < 4.78 is 18.5. The van der Waals surface area contributed by atoms with E-state index in [-0.39, 0.29) is 11.4 Å². The second kappa shape index (κ2) is 7.75. The molecule has 2 aromatic carbocycles. The summed E-state index contributed by atoms with van der Waals surface area (Å²) >= 11 is 0. The Balaban J connectivity index is 1.65. The first-order valence-corrected chi connectivity index (χ1v) is 9.32. The molecule has 0 radical (unpaired) electrons. The molecular formula is C23H21FN4O. The topological polar surface area (TPSA) is 44.2 Å². The van der Waals surface area contributed by atoms with Crippen LogP contribution in [-0.4, -0.2) is 20.1 Å². The van der Waals surface area contributed by atoms with Gasteiger partial charge in [-0.05, 0) is 48.9 Å². The van der Waals surface area contributed by atoms with E-state index in [1.165, 1.54) is 12.1 Å². The predicted molar refractivity (Wildman–Crippen MR) is 113 cm³/mol. The molecule has 0 fully saturated rings. The van der Waals surface area contributed by atoms with Gasteiger partial charge in [0.1, 0.15) is 5.82 Å². The Kier molecular flexibility index (Phi) is 4.99. The molecule has 0 saturated heterocycles. The first-order valence-electron chi connectivity index (χ1n) is 9.32. The summed E-state index contributed by atoms with van der Waals surface area (Å²) in [5, 5.41) is 0. The van der Waals surface area contributed by atoms with Gasteiger partial charge in [0.05, 0.1) is 23.3 Å². The summed E-state index contributed by atoms with van der Waals surface area (Å²) in [5.41, 5.74) is 3.67. The fourth-order valence-electron chi connectivity index (χ4n) is 3.31. The molecule has 2 aromatic heterocycles. The van der Waals surface area contributed by atoms with Gasteiger partial charge in [-0.3, -0.25) is 9.48 Å². The van der Waals surface area contributed by atoms with E-state index < -0.39 is 0 Å². The van der Waals surface area contributed by atoms with E-state index in [1.807, 2.05) is 71.9 Å². The second-order valence-corrected chi connectivity index (χ2v) is 6.86. The lowest BCUT2D eigenvalue weighted by Crippen LogP contribution is -2.19. The van der Waals surface area contributed by atoms with Gasteiger partial charge < -0.3 is 4.57 Å². The number of rotatable bonds is 5. The Morgan fingerprint density at radius 1 is 1.00 bits per heavy atom. The third-order valence-corrected chi connectivity index (χ3v) is 4.98. The molecule has 0 unspecified atom stereocenters. The molecule has 0 aliphatic heterocycles. The number of aromatic nitrogens is 3. The minimum absolute atomic E-state index is 0.163. The standard InChI is InChI=1S/C23H21FN4O/c1-17-22(23(29)28(26(17)2)20-7-4-3-5-8-20)25-15-21-9-6-14-27(21)16-18-10-12-19(24)13-11-18/h3-15H,16H2,1-2H3. The number of benzene rings is 2. The van der Waals surface area contributed by atoms with Crippen LogP contribution in [0.3, 0.4) is 0 Å². The van der Waals surface area contributed by atoms with Crippen LogP contribution in [0.2, 0.25) is 0 Å². The third-order valence-electron chi connectivity index (χ3n) is 4.98. The minimum atomic E-state index is -0.253. The molecule has 2 heterocycles. The number of hydrogen-bond donors (Lipinski definition) is 0. The summed E-state index contributed by atoms with van der Waals surface area (Å²) in [5.74, 6) is -0.253. The van der Waals surface area contributed by atoms with Crippen molar-refractivity contribution in [2.24, 2.45) is 12.0 Å². The molecule has 0 atom stereocenters.